The molecule has 1 rings (SSSR count). The molecule has 0 unspecified atom stereocenters. The first kappa shape index (κ1) is 28.2. The Labute approximate surface area is 194 Å². The molecular weight excluding hydrogens is 456 g/mol. The number of ether oxygens (including phenoxy) is 1. The van der Waals surface area contributed by atoms with Crippen LogP contribution >= 0.6 is 0 Å². The SMILES string of the molecule is CCCCCCCCCCCCCCCCCCOc1ccccc1C(=O)[O-].[Ag+]. The van der Waals surface area contributed by atoms with Crippen LogP contribution in [0.15, 0.2) is 24.3 Å². The molecule has 0 aliphatic heterocycles. The van der Waals surface area contributed by atoms with E-state index in [9.17, 15) is 9.90 Å². The van der Waals surface area contributed by atoms with Crippen LogP contribution < -0.4 is 9.84 Å². The zero-order chi connectivity index (χ0) is 20.3. The van der Waals surface area contributed by atoms with Crippen molar-refractivity contribution in [3.63, 3.8) is 0 Å². The Bertz CT molecular complexity index is 505. The van der Waals surface area contributed by atoms with Gasteiger partial charge in [0.05, 0.1) is 12.6 Å². The molecule has 0 N–H and O–H groups in total. The summed E-state index contributed by atoms with van der Waals surface area (Å²) in [4.78, 5) is 11.0. The molecule has 29 heavy (non-hydrogen) atoms. The van der Waals surface area contributed by atoms with Crippen molar-refractivity contribution in [1.82, 2.24) is 0 Å². The first-order valence-corrected chi connectivity index (χ1v) is 11.7. The minimum Gasteiger partial charge on any atom is -0.545 e. The quantitative estimate of drug-likeness (QED) is 0.158. The molecule has 0 atom stereocenters. The van der Waals surface area contributed by atoms with Crippen molar-refractivity contribution in [3.8, 4) is 5.75 Å². The van der Waals surface area contributed by atoms with Crippen LogP contribution in [0, 0.1) is 0 Å². The van der Waals surface area contributed by atoms with E-state index in [-0.39, 0.29) is 27.9 Å². The molecule has 0 aliphatic rings. The molecular formula is C25H41AgO3. The maximum absolute atomic E-state index is 11.0. The Balaban J connectivity index is 0.00000784. The van der Waals surface area contributed by atoms with E-state index in [1.807, 2.05) is 0 Å². The van der Waals surface area contributed by atoms with Crippen molar-refractivity contribution in [2.45, 2.75) is 110 Å². The summed E-state index contributed by atoms with van der Waals surface area (Å²) < 4.78 is 5.60. The molecule has 0 fully saturated rings. The van der Waals surface area contributed by atoms with Crippen LogP contribution in [-0.2, 0) is 22.4 Å². The van der Waals surface area contributed by atoms with Crippen LogP contribution in [-0.4, -0.2) is 12.6 Å². The molecule has 0 saturated carbocycles. The minimum atomic E-state index is -1.18. The van der Waals surface area contributed by atoms with E-state index in [0.717, 1.165) is 12.8 Å². The second-order valence-electron chi connectivity index (χ2n) is 7.94. The Morgan fingerprint density at radius 1 is 0.724 bits per heavy atom. The van der Waals surface area contributed by atoms with Gasteiger partial charge in [0.15, 0.2) is 0 Å². The molecule has 0 heterocycles. The van der Waals surface area contributed by atoms with Crippen LogP contribution in [0.4, 0.5) is 0 Å². The van der Waals surface area contributed by atoms with Gasteiger partial charge in [-0.25, -0.2) is 0 Å². The summed E-state index contributed by atoms with van der Waals surface area (Å²) in [6.07, 6.45) is 21.5. The number of carboxylic acid groups (broad SMARTS) is 1. The molecule has 0 aromatic heterocycles. The molecule has 0 bridgehead atoms. The van der Waals surface area contributed by atoms with Crippen molar-refractivity contribution in [1.29, 1.82) is 0 Å². The average molecular weight is 497 g/mol. The summed E-state index contributed by atoms with van der Waals surface area (Å²) in [7, 11) is 0. The molecule has 0 spiro atoms. The largest absolute Gasteiger partial charge is 1.00 e. The number of carbonyl (C=O) groups is 1. The Morgan fingerprint density at radius 3 is 1.59 bits per heavy atom. The van der Waals surface area contributed by atoms with Gasteiger partial charge in [-0.15, -0.1) is 0 Å². The van der Waals surface area contributed by atoms with Crippen molar-refractivity contribution < 1.29 is 37.0 Å². The van der Waals surface area contributed by atoms with Crippen LogP contribution in [0.2, 0.25) is 0 Å². The molecule has 1 aromatic rings. The number of carboxylic acids is 1. The second-order valence-corrected chi connectivity index (χ2v) is 7.94. The number of rotatable bonds is 19. The van der Waals surface area contributed by atoms with Gasteiger partial charge in [-0.1, -0.05) is 115 Å². The van der Waals surface area contributed by atoms with Crippen LogP contribution in [0.5, 0.6) is 5.75 Å². The number of hydrogen-bond donors (Lipinski definition) is 0. The number of hydrogen-bond acceptors (Lipinski definition) is 3. The molecule has 170 valence electrons. The van der Waals surface area contributed by atoms with Gasteiger partial charge < -0.3 is 14.6 Å². The summed E-state index contributed by atoms with van der Waals surface area (Å²) in [6, 6.07) is 6.69. The zero-order valence-electron chi connectivity index (χ0n) is 18.4. The molecule has 4 heteroatoms. The average Bonchev–Trinajstić information content (AvgIpc) is 2.70. The van der Waals surface area contributed by atoms with Crippen LogP contribution in [0.1, 0.15) is 120 Å². The van der Waals surface area contributed by atoms with Gasteiger partial charge in [0, 0.05) is 5.56 Å². The van der Waals surface area contributed by atoms with Gasteiger partial charge in [-0.2, -0.15) is 0 Å². The van der Waals surface area contributed by atoms with Crippen molar-refractivity contribution in [3.05, 3.63) is 29.8 Å². The number of aromatic carboxylic acids is 1. The summed E-state index contributed by atoms with van der Waals surface area (Å²) in [5.41, 5.74) is 0.138. The summed E-state index contributed by atoms with van der Waals surface area (Å²) in [5.74, 6) is -0.758. The molecule has 3 nitrogen and oxygen atoms in total. The second kappa shape index (κ2) is 20.5. The maximum atomic E-state index is 11.0. The zero-order valence-corrected chi connectivity index (χ0v) is 19.8. The third-order valence-corrected chi connectivity index (χ3v) is 5.36. The fourth-order valence-electron chi connectivity index (χ4n) is 3.59. The Morgan fingerprint density at radius 2 is 1.14 bits per heavy atom. The normalized spacial score (nSPS) is 10.5. The number of unbranched alkanes of at least 4 members (excludes halogenated alkanes) is 15. The van der Waals surface area contributed by atoms with E-state index >= 15 is 0 Å². The van der Waals surface area contributed by atoms with E-state index < -0.39 is 5.97 Å². The van der Waals surface area contributed by atoms with E-state index in [4.69, 9.17) is 4.74 Å². The molecule has 0 radical (unpaired) electrons. The third kappa shape index (κ3) is 15.7. The van der Waals surface area contributed by atoms with Crippen LogP contribution in [0.25, 0.3) is 0 Å². The topological polar surface area (TPSA) is 49.4 Å². The predicted octanol–water partition coefficient (Wildman–Crippen LogP) is 6.69. The molecule has 0 aliphatic carbocycles. The van der Waals surface area contributed by atoms with E-state index in [1.54, 1.807) is 18.2 Å². The Hall–Kier alpha value is -0.770. The van der Waals surface area contributed by atoms with Gasteiger partial charge in [-0.05, 0) is 18.6 Å². The molecule has 0 saturated heterocycles. The van der Waals surface area contributed by atoms with Gasteiger partial charge >= 0.3 is 22.4 Å². The van der Waals surface area contributed by atoms with Gasteiger partial charge in [0.1, 0.15) is 5.75 Å². The molecule has 0 amide bonds. The van der Waals surface area contributed by atoms with Crippen molar-refractivity contribution in [2.75, 3.05) is 6.61 Å². The van der Waals surface area contributed by atoms with E-state index in [0.29, 0.717) is 12.4 Å². The predicted molar refractivity (Wildman–Crippen MR) is 116 cm³/mol. The smallest absolute Gasteiger partial charge is 0.545 e. The first-order chi connectivity index (χ1) is 13.8. The van der Waals surface area contributed by atoms with Gasteiger partial charge in [0.2, 0.25) is 0 Å². The number of para-hydroxylation sites is 1. The van der Waals surface area contributed by atoms with Crippen LogP contribution in [0.3, 0.4) is 0 Å². The summed E-state index contributed by atoms with van der Waals surface area (Å²) in [6.45, 7) is 2.85. The number of carbonyl (C=O) groups excluding carboxylic acids is 1. The standard InChI is InChI=1S/C25H42O3.Ag/c1-2-3-4-5-6-7-8-9-10-11-12-13-14-15-16-19-22-28-24-21-18-17-20-23(24)25(26)27;/h17-18,20-21H,2-16,19,22H2,1H3,(H,26,27);/q;+1/p-1. The summed E-state index contributed by atoms with van der Waals surface area (Å²) in [5, 5.41) is 11.0. The fourth-order valence-corrected chi connectivity index (χ4v) is 3.59. The third-order valence-electron chi connectivity index (χ3n) is 5.36. The summed E-state index contributed by atoms with van der Waals surface area (Å²) >= 11 is 0. The Kier molecular flexibility index (Phi) is 20.0. The van der Waals surface area contributed by atoms with E-state index in [1.165, 1.54) is 96.0 Å². The fraction of sp³-hybridized carbons (Fsp3) is 0.720. The maximum Gasteiger partial charge on any atom is 1.00 e. The van der Waals surface area contributed by atoms with Crippen molar-refractivity contribution in [2.24, 2.45) is 0 Å². The minimum absolute atomic E-state index is 0. The monoisotopic (exact) mass is 496 g/mol. The van der Waals surface area contributed by atoms with E-state index in [2.05, 4.69) is 6.92 Å². The first-order valence-electron chi connectivity index (χ1n) is 11.7. The number of benzene rings is 1. The van der Waals surface area contributed by atoms with Gasteiger partial charge in [-0.3, -0.25) is 0 Å². The van der Waals surface area contributed by atoms with Crippen molar-refractivity contribution >= 4 is 5.97 Å². The van der Waals surface area contributed by atoms with Gasteiger partial charge in [0.25, 0.3) is 0 Å². The molecule has 1 aromatic carbocycles.